The minimum Gasteiger partial charge on any atom is -0.295 e. The maximum absolute atomic E-state index is 12.3. The fourth-order valence-corrected chi connectivity index (χ4v) is 3.14. The molecule has 0 fully saturated rings. The predicted octanol–water partition coefficient (Wildman–Crippen LogP) is 3.64. The van der Waals surface area contributed by atoms with Gasteiger partial charge in [-0.15, -0.1) is 0 Å². The number of aryl methyl sites for hydroxylation is 1. The van der Waals surface area contributed by atoms with Gasteiger partial charge in [0.05, 0.1) is 15.7 Å². The molecule has 2 N–H and O–H groups in total. The van der Waals surface area contributed by atoms with E-state index in [1.807, 2.05) is 12.1 Å². The van der Waals surface area contributed by atoms with Crippen molar-refractivity contribution in [1.82, 2.24) is 10.4 Å². The molecular formula is C16H15Cl2N3O. The summed E-state index contributed by atoms with van der Waals surface area (Å²) in [6.07, 6.45) is 5.45. The quantitative estimate of drug-likeness (QED) is 0.842. The number of benzene rings is 1. The van der Waals surface area contributed by atoms with E-state index < -0.39 is 0 Å². The fraction of sp³-hybridized carbons (Fsp3) is 0.250. The van der Waals surface area contributed by atoms with E-state index in [1.165, 1.54) is 23.5 Å². The van der Waals surface area contributed by atoms with Crippen LogP contribution in [0.2, 0.25) is 10.0 Å². The van der Waals surface area contributed by atoms with E-state index >= 15 is 0 Å². The summed E-state index contributed by atoms with van der Waals surface area (Å²) in [6.45, 7) is 0. The summed E-state index contributed by atoms with van der Waals surface area (Å²) in [4.78, 5) is 16.2. The van der Waals surface area contributed by atoms with E-state index in [0.29, 0.717) is 15.7 Å². The number of rotatable bonds is 3. The molecule has 0 unspecified atom stereocenters. The highest BCUT2D eigenvalue weighted by molar-refractivity contribution is 6.38. The van der Waals surface area contributed by atoms with E-state index in [9.17, 15) is 4.79 Å². The number of halogens is 2. The van der Waals surface area contributed by atoms with Crippen LogP contribution in [0, 0.1) is 5.92 Å². The van der Waals surface area contributed by atoms with Crippen molar-refractivity contribution in [1.29, 1.82) is 0 Å². The second-order valence-electron chi connectivity index (χ2n) is 5.30. The second-order valence-corrected chi connectivity index (χ2v) is 6.12. The number of aromatic nitrogens is 1. The van der Waals surface area contributed by atoms with Crippen LogP contribution in [-0.4, -0.2) is 10.9 Å². The van der Waals surface area contributed by atoms with Gasteiger partial charge in [-0.2, -0.15) is 0 Å². The lowest BCUT2D eigenvalue weighted by molar-refractivity contribution is -0.124. The van der Waals surface area contributed by atoms with Gasteiger partial charge >= 0.3 is 0 Å². The van der Waals surface area contributed by atoms with E-state index in [0.717, 1.165) is 19.3 Å². The maximum atomic E-state index is 12.3. The van der Waals surface area contributed by atoms with Crippen molar-refractivity contribution >= 4 is 34.8 Å². The first-order valence-corrected chi connectivity index (χ1v) is 7.82. The molecule has 1 aromatic heterocycles. The number of nitrogens with one attached hydrogen (secondary N) is 2. The number of anilines is 1. The number of amides is 1. The van der Waals surface area contributed by atoms with Gasteiger partial charge in [-0.05, 0) is 30.4 Å². The average Bonchev–Trinajstić information content (AvgIpc) is 2.53. The van der Waals surface area contributed by atoms with Gasteiger partial charge in [-0.3, -0.25) is 20.6 Å². The van der Waals surface area contributed by atoms with Crippen LogP contribution in [0.4, 0.5) is 5.69 Å². The van der Waals surface area contributed by atoms with Gasteiger partial charge in [0, 0.05) is 18.3 Å². The van der Waals surface area contributed by atoms with Crippen LogP contribution in [0.3, 0.4) is 0 Å². The largest absolute Gasteiger partial charge is 0.295 e. The third kappa shape index (κ3) is 3.18. The molecule has 0 radical (unpaired) electrons. The summed E-state index contributed by atoms with van der Waals surface area (Å²) in [5.41, 5.74) is 8.53. The molecule has 1 amide bonds. The number of carbonyl (C=O) groups excluding carboxylic acids is 1. The molecule has 22 heavy (non-hydrogen) atoms. The topological polar surface area (TPSA) is 54.0 Å². The standard InChI is InChI=1S/C16H15Cl2N3O/c17-13-8-19-9-14(18)15(13)20-21-16(22)12-6-5-10-3-1-2-4-11(10)7-12/h1-4,8-9,12H,5-7H2,(H,19,20)(H,21,22)/t12-/m0/s1. The zero-order chi connectivity index (χ0) is 15.5. The third-order valence-electron chi connectivity index (χ3n) is 3.88. The first-order chi connectivity index (χ1) is 10.6. The molecule has 4 nitrogen and oxygen atoms in total. The molecule has 1 heterocycles. The molecule has 0 saturated heterocycles. The second kappa shape index (κ2) is 6.55. The Hall–Kier alpha value is -1.78. The van der Waals surface area contributed by atoms with Crippen LogP contribution in [0.15, 0.2) is 36.7 Å². The normalized spacial score (nSPS) is 16.7. The molecule has 114 valence electrons. The van der Waals surface area contributed by atoms with Gasteiger partial charge in [-0.1, -0.05) is 47.5 Å². The summed E-state index contributed by atoms with van der Waals surface area (Å²) in [5.74, 6) is -0.111. The summed E-state index contributed by atoms with van der Waals surface area (Å²) < 4.78 is 0. The van der Waals surface area contributed by atoms with E-state index in [2.05, 4.69) is 28.0 Å². The molecule has 0 bridgehead atoms. The summed E-state index contributed by atoms with van der Waals surface area (Å²) in [6, 6.07) is 8.25. The molecule has 1 aliphatic carbocycles. The van der Waals surface area contributed by atoms with Crippen molar-refractivity contribution in [3.8, 4) is 0 Å². The van der Waals surface area contributed by atoms with Gasteiger partial charge < -0.3 is 0 Å². The molecule has 0 aliphatic heterocycles. The SMILES string of the molecule is O=C(NNc1c(Cl)cncc1Cl)[C@H]1CCc2ccccc2C1. The van der Waals surface area contributed by atoms with Crippen molar-refractivity contribution in [2.24, 2.45) is 5.92 Å². The molecule has 3 rings (SSSR count). The Morgan fingerprint density at radius 2 is 1.82 bits per heavy atom. The molecule has 0 saturated carbocycles. The minimum absolute atomic E-state index is 0.0539. The number of hydrazine groups is 1. The van der Waals surface area contributed by atoms with E-state index in [4.69, 9.17) is 23.2 Å². The minimum atomic E-state index is -0.0570. The Bertz CT molecular complexity index is 685. The van der Waals surface area contributed by atoms with Crippen molar-refractivity contribution < 1.29 is 4.79 Å². The Balaban J connectivity index is 1.64. The summed E-state index contributed by atoms with van der Waals surface area (Å²) in [5, 5.41) is 0.726. The highest BCUT2D eigenvalue weighted by atomic mass is 35.5. The summed E-state index contributed by atoms with van der Waals surface area (Å²) in [7, 11) is 0. The van der Waals surface area contributed by atoms with Crippen molar-refractivity contribution in [2.45, 2.75) is 19.3 Å². The summed E-state index contributed by atoms with van der Waals surface area (Å²) >= 11 is 12.0. The van der Waals surface area contributed by atoms with Gasteiger partial charge in [0.15, 0.2) is 0 Å². The first kappa shape index (κ1) is 15.1. The number of pyridine rings is 1. The Kier molecular flexibility index (Phi) is 4.50. The maximum Gasteiger partial charge on any atom is 0.241 e. The number of fused-ring (bicyclic) bond motifs is 1. The number of carbonyl (C=O) groups is 1. The van der Waals surface area contributed by atoms with Crippen molar-refractivity contribution in [2.75, 3.05) is 5.43 Å². The lowest BCUT2D eigenvalue weighted by Gasteiger charge is -2.24. The zero-order valence-electron chi connectivity index (χ0n) is 11.8. The van der Waals surface area contributed by atoms with Crippen molar-refractivity contribution in [3.05, 3.63) is 57.8 Å². The van der Waals surface area contributed by atoms with Crippen LogP contribution in [0.5, 0.6) is 0 Å². The van der Waals surface area contributed by atoms with Gasteiger partial charge in [0.2, 0.25) is 5.91 Å². The number of hydrogen-bond donors (Lipinski definition) is 2. The monoisotopic (exact) mass is 335 g/mol. The lowest BCUT2D eigenvalue weighted by atomic mass is 9.83. The van der Waals surface area contributed by atoms with E-state index in [1.54, 1.807) is 0 Å². The van der Waals surface area contributed by atoms with Crippen LogP contribution >= 0.6 is 23.2 Å². The molecule has 1 aliphatic rings. The molecule has 0 spiro atoms. The molecule has 1 atom stereocenters. The molecular weight excluding hydrogens is 321 g/mol. The number of nitrogens with zero attached hydrogens (tertiary/aromatic N) is 1. The molecule has 2 aromatic rings. The predicted molar refractivity (Wildman–Crippen MR) is 88.0 cm³/mol. The smallest absolute Gasteiger partial charge is 0.241 e. The van der Waals surface area contributed by atoms with E-state index in [-0.39, 0.29) is 11.8 Å². The molecule has 1 aromatic carbocycles. The Morgan fingerprint density at radius 1 is 1.14 bits per heavy atom. The lowest BCUT2D eigenvalue weighted by Crippen LogP contribution is -2.37. The third-order valence-corrected chi connectivity index (χ3v) is 4.45. The number of hydrogen-bond acceptors (Lipinski definition) is 3. The Morgan fingerprint density at radius 3 is 2.55 bits per heavy atom. The highest BCUT2D eigenvalue weighted by Crippen LogP contribution is 2.28. The van der Waals surface area contributed by atoms with Gasteiger partial charge in [0.1, 0.15) is 0 Å². The van der Waals surface area contributed by atoms with Crippen LogP contribution < -0.4 is 10.9 Å². The zero-order valence-corrected chi connectivity index (χ0v) is 13.3. The van der Waals surface area contributed by atoms with Gasteiger partial charge in [-0.25, -0.2) is 0 Å². The van der Waals surface area contributed by atoms with Crippen LogP contribution in [0.1, 0.15) is 17.5 Å². The van der Waals surface area contributed by atoms with Crippen molar-refractivity contribution in [3.63, 3.8) is 0 Å². The average molecular weight is 336 g/mol. The van der Waals surface area contributed by atoms with Crippen LogP contribution in [-0.2, 0) is 17.6 Å². The van der Waals surface area contributed by atoms with Crippen LogP contribution in [0.25, 0.3) is 0 Å². The Labute approximate surface area is 138 Å². The molecule has 6 heteroatoms. The fourth-order valence-electron chi connectivity index (χ4n) is 2.68. The highest BCUT2D eigenvalue weighted by Gasteiger charge is 2.24. The first-order valence-electron chi connectivity index (χ1n) is 7.07. The van der Waals surface area contributed by atoms with Gasteiger partial charge in [0.25, 0.3) is 0 Å².